The molecule has 6 unspecified atom stereocenters. The zero-order valence-corrected chi connectivity index (χ0v) is 27.0. The SMILES string of the molecule is O=S(=O)([O-])c1c2ccccc2c(OS(=O)(=O)c2c(C3CC4CCC3C4)cc3ccccc3c2C2CC3CCC2C3)c2ccccc12. The summed E-state index contributed by atoms with van der Waals surface area (Å²) in [6, 6.07) is 23.4. The molecule has 4 bridgehead atoms. The van der Waals surface area contributed by atoms with Gasteiger partial charge >= 0.3 is 10.1 Å². The van der Waals surface area contributed by atoms with Gasteiger partial charge in [-0.05, 0) is 102 Å². The van der Waals surface area contributed by atoms with Crippen LogP contribution in [0, 0.1) is 23.7 Å². The molecule has 0 amide bonds. The molecule has 0 aliphatic heterocycles. The van der Waals surface area contributed by atoms with Crippen molar-refractivity contribution in [1.29, 1.82) is 0 Å². The summed E-state index contributed by atoms with van der Waals surface area (Å²) in [7, 11) is -9.33. The third-order valence-electron chi connectivity index (χ3n) is 11.8. The molecule has 0 saturated heterocycles. The molecule has 0 N–H and O–H groups in total. The van der Waals surface area contributed by atoms with Crippen molar-refractivity contribution in [1.82, 2.24) is 0 Å². The summed E-state index contributed by atoms with van der Waals surface area (Å²) < 4.78 is 74.5. The first-order valence-electron chi connectivity index (χ1n) is 16.6. The minimum absolute atomic E-state index is 0.0598. The highest BCUT2D eigenvalue weighted by Crippen LogP contribution is 2.59. The third-order valence-corrected chi connectivity index (χ3v) is 14.1. The lowest BCUT2D eigenvalue weighted by Gasteiger charge is -2.31. The van der Waals surface area contributed by atoms with E-state index in [1.54, 1.807) is 48.5 Å². The molecule has 4 aliphatic rings. The van der Waals surface area contributed by atoms with Crippen molar-refractivity contribution >= 4 is 52.6 Å². The summed E-state index contributed by atoms with van der Waals surface area (Å²) in [5.41, 5.74) is 1.80. The van der Waals surface area contributed by atoms with E-state index in [0.29, 0.717) is 28.6 Å². The Kier molecular flexibility index (Phi) is 6.41. The second-order valence-corrected chi connectivity index (χ2v) is 17.0. The number of rotatable bonds is 6. The molecule has 236 valence electrons. The lowest BCUT2D eigenvalue weighted by Crippen LogP contribution is -2.22. The van der Waals surface area contributed by atoms with E-state index in [-0.39, 0.29) is 44.0 Å². The van der Waals surface area contributed by atoms with E-state index in [1.807, 2.05) is 12.1 Å². The normalized spacial score (nSPS) is 27.3. The summed E-state index contributed by atoms with van der Waals surface area (Å²) >= 11 is 0. The zero-order valence-electron chi connectivity index (χ0n) is 25.4. The van der Waals surface area contributed by atoms with Gasteiger partial charge in [-0.1, -0.05) is 85.6 Å². The quantitative estimate of drug-likeness (QED) is 0.104. The fraction of sp³-hybridized carbons (Fsp3) is 0.368. The zero-order chi connectivity index (χ0) is 31.4. The molecule has 8 heteroatoms. The monoisotopic (exact) mass is 651 g/mol. The van der Waals surface area contributed by atoms with Crippen LogP contribution in [0.3, 0.4) is 0 Å². The molecule has 0 heterocycles. The van der Waals surface area contributed by atoms with Gasteiger partial charge in [0.15, 0.2) is 5.75 Å². The van der Waals surface area contributed by atoms with Crippen molar-refractivity contribution < 1.29 is 25.6 Å². The van der Waals surface area contributed by atoms with Crippen molar-refractivity contribution in [3.05, 3.63) is 90.0 Å². The van der Waals surface area contributed by atoms with Crippen LogP contribution in [-0.4, -0.2) is 21.4 Å². The van der Waals surface area contributed by atoms with Crippen LogP contribution in [0.25, 0.3) is 32.3 Å². The van der Waals surface area contributed by atoms with Gasteiger partial charge in [0.25, 0.3) is 0 Å². The Labute approximate surface area is 269 Å². The van der Waals surface area contributed by atoms with Crippen LogP contribution in [0.5, 0.6) is 5.75 Å². The highest BCUT2D eigenvalue weighted by atomic mass is 32.2. The summed E-state index contributed by atoms with van der Waals surface area (Å²) in [5.74, 6) is 2.48. The molecular weight excluding hydrogens is 617 g/mol. The predicted molar refractivity (Wildman–Crippen MR) is 178 cm³/mol. The number of fused-ring (bicyclic) bond motifs is 7. The van der Waals surface area contributed by atoms with Crippen LogP contribution in [0.4, 0.5) is 0 Å². The topological polar surface area (TPSA) is 101 Å². The second-order valence-electron chi connectivity index (χ2n) is 14.2. The third kappa shape index (κ3) is 4.36. The van der Waals surface area contributed by atoms with Gasteiger partial charge in [-0.2, -0.15) is 8.42 Å². The molecule has 4 aliphatic carbocycles. The van der Waals surface area contributed by atoms with E-state index < -0.39 is 20.2 Å². The number of hydrogen-bond acceptors (Lipinski definition) is 6. The summed E-state index contributed by atoms with van der Waals surface area (Å²) in [6.07, 6.45) is 8.90. The van der Waals surface area contributed by atoms with Crippen molar-refractivity contribution in [2.24, 2.45) is 23.7 Å². The molecule has 6 atom stereocenters. The van der Waals surface area contributed by atoms with Crippen LogP contribution >= 0.6 is 0 Å². The van der Waals surface area contributed by atoms with Gasteiger partial charge in [0, 0.05) is 21.5 Å². The fourth-order valence-electron chi connectivity index (χ4n) is 10.1. The maximum absolute atomic E-state index is 15.2. The molecule has 0 radical (unpaired) electrons. The minimum atomic E-state index is -4.89. The van der Waals surface area contributed by atoms with Crippen LogP contribution in [-0.2, 0) is 20.2 Å². The number of benzene rings is 5. The van der Waals surface area contributed by atoms with E-state index in [2.05, 4.69) is 18.2 Å². The van der Waals surface area contributed by atoms with Crippen LogP contribution in [0.15, 0.2) is 88.7 Å². The van der Waals surface area contributed by atoms with E-state index in [9.17, 15) is 13.0 Å². The maximum atomic E-state index is 15.2. The van der Waals surface area contributed by atoms with Gasteiger partial charge in [-0.25, -0.2) is 8.42 Å². The number of hydrogen-bond donors (Lipinski definition) is 0. The van der Waals surface area contributed by atoms with E-state index >= 15 is 8.42 Å². The van der Waals surface area contributed by atoms with E-state index in [4.69, 9.17) is 4.18 Å². The van der Waals surface area contributed by atoms with Gasteiger partial charge in [-0.3, -0.25) is 0 Å². The highest BCUT2D eigenvalue weighted by Gasteiger charge is 2.47. The Morgan fingerprint density at radius 1 is 0.587 bits per heavy atom. The summed E-state index contributed by atoms with van der Waals surface area (Å²) in [5, 5.41) is 2.93. The molecule has 5 aromatic rings. The fourth-order valence-corrected chi connectivity index (χ4v) is 12.5. The summed E-state index contributed by atoms with van der Waals surface area (Å²) in [6.45, 7) is 0. The van der Waals surface area contributed by atoms with Crippen molar-refractivity contribution in [2.75, 3.05) is 0 Å². The standard InChI is InChI=1S/C38H36O6S2/c39-45(40,41)37-30-11-5-3-9-28(30)36(29-10-4-6-12-31(29)37)44-46(42,43)38-34(32-19-22-13-15-25(32)17-22)21-24-7-1-2-8-27(24)35(38)33-20-23-14-16-26(33)18-23/h1-12,21-23,25-26,32-33H,13-20H2,(H,39,40,41)/p-1. The molecule has 0 aromatic heterocycles. The molecule has 4 saturated carbocycles. The first-order valence-corrected chi connectivity index (χ1v) is 19.4. The average molecular weight is 652 g/mol. The molecular formula is C38H35O6S2-. The van der Waals surface area contributed by atoms with Crippen molar-refractivity contribution in [3.8, 4) is 5.75 Å². The highest BCUT2D eigenvalue weighted by molar-refractivity contribution is 7.87. The molecule has 46 heavy (non-hydrogen) atoms. The first kappa shape index (κ1) is 28.7. The minimum Gasteiger partial charge on any atom is -0.744 e. The predicted octanol–water partition coefficient (Wildman–Crippen LogP) is 8.63. The largest absolute Gasteiger partial charge is 0.744 e. The Morgan fingerprint density at radius 2 is 1.11 bits per heavy atom. The maximum Gasteiger partial charge on any atom is 0.339 e. The molecule has 4 fully saturated rings. The van der Waals surface area contributed by atoms with Crippen molar-refractivity contribution in [2.45, 2.75) is 73.0 Å². The Hall–Kier alpha value is -3.46. The smallest absolute Gasteiger partial charge is 0.339 e. The molecule has 0 spiro atoms. The lowest BCUT2D eigenvalue weighted by atomic mass is 9.77. The van der Waals surface area contributed by atoms with Crippen LogP contribution in [0.1, 0.15) is 74.3 Å². The molecule has 9 rings (SSSR count). The van der Waals surface area contributed by atoms with Crippen LogP contribution < -0.4 is 4.18 Å². The Morgan fingerprint density at radius 3 is 1.63 bits per heavy atom. The molecule has 5 aromatic carbocycles. The first-order chi connectivity index (χ1) is 22.2. The van der Waals surface area contributed by atoms with E-state index in [0.717, 1.165) is 60.4 Å². The van der Waals surface area contributed by atoms with Gasteiger partial charge < -0.3 is 8.74 Å². The Balaban J connectivity index is 1.32. The van der Waals surface area contributed by atoms with Gasteiger partial charge in [0.05, 0.1) is 4.90 Å². The van der Waals surface area contributed by atoms with Gasteiger partial charge in [-0.15, -0.1) is 0 Å². The van der Waals surface area contributed by atoms with Gasteiger partial charge in [0.2, 0.25) is 0 Å². The molecule has 6 nitrogen and oxygen atoms in total. The second kappa shape index (κ2) is 10.3. The Bertz CT molecular complexity index is 2240. The lowest BCUT2D eigenvalue weighted by molar-refractivity contribution is 0.400. The average Bonchev–Trinajstić information content (AvgIpc) is 3.86. The van der Waals surface area contributed by atoms with Crippen molar-refractivity contribution in [3.63, 3.8) is 0 Å². The van der Waals surface area contributed by atoms with E-state index in [1.165, 1.54) is 12.8 Å². The van der Waals surface area contributed by atoms with Gasteiger partial charge in [0.1, 0.15) is 15.0 Å². The summed E-state index contributed by atoms with van der Waals surface area (Å²) in [4.78, 5) is -0.0329. The van der Waals surface area contributed by atoms with Crippen LogP contribution in [0.2, 0.25) is 0 Å².